The van der Waals surface area contributed by atoms with E-state index in [0.717, 1.165) is 19.3 Å². The quantitative estimate of drug-likeness (QED) is 0.595. The van der Waals surface area contributed by atoms with E-state index in [1.54, 1.807) is 0 Å². The largest absolute Gasteiger partial charge is 0.396 e. The van der Waals surface area contributed by atoms with Crippen LogP contribution in [0.25, 0.3) is 0 Å². The summed E-state index contributed by atoms with van der Waals surface area (Å²) in [6.45, 7) is 9.40. The van der Waals surface area contributed by atoms with E-state index in [-0.39, 0.29) is 12.0 Å². The first-order chi connectivity index (χ1) is 11.5. The van der Waals surface area contributed by atoms with Crippen LogP contribution in [0.2, 0.25) is 0 Å². The maximum atomic E-state index is 12.9. The van der Waals surface area contributed by atoms with Gasteiger partial charge in [0.1, 0.15) is 0 Å². The van der Waals surface area contributed by atoms with Crippen LogP contribution in [-0.4, -0.2) is 17.9 Å². The summed E-state index contributed by atoms with van der Waals surface area (Å²) in [5.41, 5.74) is 0.0890. The Morgan fingerprint density at radius 3 is 1.96 bits per heavy atom. The lowest BCUT2D eigenvalue weighted by Gasteiger charge is -2.46. The highest BCUT2D eigenvalue weighted by molar-refractivity contribution is 4.90. The third kappa shape index (κ3) is 5.37. The Morgan fingerprint density at radius 2 is 1.48 bits per heavy atom. The average Bonchev–Trinajstić information content (AvgIpc) is 2.53. The molecule has 2 saturated carbocycles. The molecule has 3 unspecified atom stereocenters. The second kappa shape index (κ2) is 8.19. The summed E-state index contributed by atoms with van der Waals surface area (Å²) in [6.07, 6.45) is 2.48. The highest BCUT2D eigenvalue weighted by Crippen LogP contribution is 2.50. The van der Waals surface area contributed by atoms with Crippen LogP contribution < -0.4 is 0 Å². The predicted octanol–water partition coefficient (Wildman–Crippen LogP) is 6.45. The van der Waals surface area contributed by atoms with E-state index in [9.17, 15) is 18.3 Å². The van der Waals surface area contributed by atoms with E-state index >= 15 is 0 Å². The van der Waals surface area contributed by atoms with Crippen LogP contribution in [0.4, 0.5) is 13.2 Å². The summed E-state index contributed by atoms with van der Waals surface area (Å²) in [5.74, 6) is 1.65. The number of rotatable bonds is 5. The van der Waals surface area contributed by atoms with Crippen molar-refractivity contribution in [1.29, 1.82) is 0 Å². The van der Waals surface area contributed by atoms with Gasteiger partial charge in [0.05, 0.1) is 5.92 Å². The van der Waals surface area contributed by atoms with Crippen molar-refractivity contribution < 1.29 is 18.3 Å². The first kappa shape index (κ1) is 21.1. The molecule has 0 aromatic rings. The summed E-state index contributed by atoms with van der Waals surface area (Å²) >= 11 is 0. The molecule has 0 radical (unpaired) electrons. The second-order valence-electron chi connectivity index (χ2n) is 9.81. The molecule has 1 nitrogen and oxygen atoms in total. The van der Waals surface area contributed by atoms with E-state index in [1.165, 1.54) is 6.42 Å². The summed E-state index contributed by atoms with van der Waals surface area (Å²) in [7, 11) is 0. The Hall–Kier alpha value is -0.250. The van der Waals surface area contributed by atoms with Gasteiger partial charge in [0.15, 0.2) is 0 Å². The zero-order valence-corrected chi connectivity index (χ0v) is 16.4. The van der Waals surface area contributed by atoms with E-state index in [4.69, 9.17) is 0 Å². The standard InChI is InChI=1S/C21H37F3O/c1-14(2)19-10-5-15(13-25)11-16(19)12-20(3,4)17-6-8-18(9-7-17)21(22,23)24/h14-19,25H,5-13H2,1-4H3. The summed E-state index contributed by atoms with van der Waals surface area (Å²) in [6, 6.07) is 0. The molecule has 3 atom stereocenters. The third-order valence-electron chi connectivity index (χ3n) is 7.35. The molecule has 0 aromatic carbocycles. The van der Waals surface area contributed by atoms with Gasteiger partial charge in [-0.25, -0.2) is 0 Å². The van der Waals surface area contributed by atoms with Gasteiger partial charge in [-0.1, -0.05) is 27.7 Å². The fraction of sp³-hybridized carbons (Fsp3) is 1.00. The monoisotopic (exact) mass is 362 g/mol. The topological polar surface area (TPSA) is 20.2 Å². The Morgan fingerprint density at radius 1 is 0.920 bits per heavy atom. The Labute approximate surface area is 151 Å². The number of aliphatic hydroxyl groups is 1. The van der Waals surface area contributed by atoms with Gasteiger partial charge in [0.25, 0.3) is 0 Å². The molecule has 2 rings (SSSR count). The molecule has 0 heterocycles. The summed E-state index contributed by atoms with van der Waals surface area (Å²) in [5, 5.41) is 9.58. The number of hydrogen-bond donors (Lipinski definition) is 1. The summed E-state index contributed by atoms with van der Waals surface area (Å²) < 4.78 is 38.8. The third-order valence-corrected chi connectivity index (χ3v) is 7.35. The second-order valence-corrected chi connectivity index (χ2v) is 9.81. The minimum absolute atomic E-state index is 0.0890. The highest BCUT2D eigenvalue weighted by atomic mass is 19.4. The highest BCUT2D eigenvalue weighted by Gasteiger charge is 2.45. The van der Waals surface area contributed by atoms with E-state index in [0.29, 0.717) is 55.3 Å². The molecule has 148 valence electrons. The van der Waals surface area contributed by atoms with Crippen molar-refractivity contribution in [3.8, 4) is 0 Å². The zero-order chi connectivity index (χ0) is 18.8. The lowest BCUT2D eigenvalue weighted by molar-refractivity contribution is -0.186. The first-order valence-electron chi connectivity index (χ1n) is 10.2. The molecule has 1 N–H and O–H groups in total. The van der Waals surface area contributed by atoms with Crippen LogP contribution >= 0.6 is 0 Å². The van der Waals surface area contributed by atoms with Gasteiger partial charge in [-0.3, -0.25) is 0 Å². The van der Waals surface area contributed by atoms with Crippen molar-refractivity contribution in [2.75, 3.05) is 6.61 Å². The van der Waals surface area contributed by atoms with Gasteiger partial charge in [-0.15, -0.1) is 0 Å². The van der Waals surface area contributed by atoms with E-state index in [2.05, 4.69) is 27.7 Å². The maximum Gasteiger partial charge on any atom is 0.391 e. The molecule has 2 aliphatic carbocycles. The molecule has 4 heteroatoms. The van der Waals surface area contributed by atoms with E-state index in [1.807, 2.05) is 0 Å². The Kier molecular flexibility index (Phi) is 6.89. The van der Waals surface area contributed by atoms with Crippen molar-refractivity contribution in [2.45, 2.75) is 85.2 Å². The van der Waals surface area contributed by atoms with Crippen LogP contribution in [0.5, 0.6) is 0 Å². The lowest BCUT2D eigenvalue weighted by Crippen LogP contribution is -2.38. The van der Waals surface area contributed by atoms with Crippen LogP contribution in [0.3, 0.4) is 0 Å². The van der Waals surface area contributed by atoms with Crippen LogP contribution in [0, 0.1) is 40.9 Å². The van der Waals surface area contributed by atoms with E-state index < -0.39 is 12.1 Å². The van der Waals surface area contributed by atoms with Gasteiger partial charge in [-0.2, -0.15) is 13.2 Å². The van der Waals surface area contributed by atoms with Crippen molar-refractivity contribution in [2.24, 2.45) is 40.9 Å². The summed E-state index contributed by atoms with van der Waals surface area (Å²) in [4.78, 5) is 0. The molecule has 0 aromatic heterocycles. The van der Waals surface area contributed by atoms with Gasteiger partial charge < -0.3 is 5.11 Å². The van der Waals surface area contributed by atoms with Crippen molar-refractivity contribution in [3.05, 3.63) is 0 Å². The maximum absolute atomic E-state index is 12.9. The molecular formula is C21H37F3O. The van der Waals surface area contributed by atoms with Gasteiger partial charge in [-0.05, 0) is 86.4 Å². The molecule has 2 aliphatic rings. The zero-order valence-electron chi connectivity index (χ0n) is 16.4. The Balaban J connectivity index is 1.99. The van der Waals surface area contributed by atoms with Gasteiger partial charge in [0, 0.05) is 6.61 Å². The van der Waals surface area contributed by atoms with Crippen LogP contribution in [-0.2, 0) is 0 Å². The molecular weight excluding hydrogens is 325 g/mol. The van der Waals surface area contributed by atoms with Crippen molar-refractivity contribution in [1.82, 2.24) is 0 Å². The SMILES string of the molecule is CC(C)C1CCC(CO)CC1CC(C)(C)C1CCC(C(F)(F)F)CC1. The van der Waals surface area contributed by atoms with Crippen molar-refractivity contribution in [3.63, 3.8) is 0 Å². The molecule has 0 saturated heterocycles. The van der Waals surface area contributed by atoms with Crippen LogP contribution in [0.1, 0.15) is 79.1 Å². The minimum atomic E-state index is -4.02. The molecule has 0 spiro atoms. The minimum Gasteiger partial charge on any atom is -0.396 e. The molecule has 0 bridgehead atoms. The molecule has 0 amide bonds. The fourth-order valence-electron chi connectivity index (χ4n) is 5.71. The Bertz CT molecular complexity index is 408. The number of aliphatic hydroxyl groups excluding tert-OH is 1. The number of halogens is 3. The van der Waals surface area contributed by atoms with Gasteiger partial charge in [0.2, 0.25) is 0 Å². The number of hydrogen-bond acceptors (Lipinski definition) is 1. The lowest BCUT2D eigenvalue weighted by atomic mass is 9.60. The average molecular weight is 363 g/mol. The van der Waals surface area contributed by atoms with Gasteiger partial charge >= 0.3 is 6.18 Å². The number of alkyl halides is 3. The van der Waals surface area contributed by atoms with Crippen molar-refractivity contribution >= 4 is 0 Å². The normalized spacial score (nSPS) is 35.2. The fourth-order valence-corrected chi connectivity index (χ4v) is 5.71. The predicted molar refractivity (Wildman–Crippen MR) is 96.1 cm³/mol. The molecule has 25 heavy (non-hydrogen) atoms. The molecule has 2 fully saturated rings. The molecule has 0 aliphatic heterocycles. The van der Waals surface area contributed by atoms with Crippen LogP contribution in [0.15, 0.2) is 0 Å². The first-order valence-corrected chi connectivity index (χ1v) is 10.2. The smallest absolute Gasteiger partial charge is 0.391 e.